The van der Waals surface area contributed by atoms with Gasteiger partial charge in [0.2, 0.25) is 5.91 Å². The Morgan fingerprint density at radius 3 is 2.66 bits per heavy atom. The molecule has 0 aliphatic carbocycles. The minimum atomic E-state index is -0.185. The van der Waals surface area contributed by atoms with Crippen LogP contribution >= 0.6 is 0 Å². The first-order valence-electron chi connectivity index (χ1n) is 9.48. The van der Waals surface area contributed by atoms with Crippen LogP contribution in [0.25, 0.3) is 11.9 Å². The summed E-state index contributed by atoms with van der Waals surface area (Å²) < 4.78 is 13.0. The molecule has 0 spiro atoms. The van der Waals surface area contributed by atoms with Gasteiger partial charge in [-0.2, -0.15) is 0 Å². The number of nitrogens with one attached hydrogen (secondary N) is 1. The molecule has 29 heavy (non-hydrogen) atoms. The van der Waals surface area contributed by atoms with Crippen molar-refractivity contribution in [1.29, 1.82) is 0 Å². The number of nitrogens with zero attached hydrogens (tertiary/aromatic N) is 3. The Hall–Kier alpha value is -3.61. The molecule has 2 heterocycles. The molecule has 0 bridgehead atoms. The molecule has 0 aliphatic rings. The number of ether oxygens (including phenoxy) is 2. The lowest BCUT2D eigenvalue weighted by Crippen LogP contribution is -2.20. The van der Waals surface area contributed by atoms with Crippen LogP contribution in [0.1, 0.15) is 25.0 Å². The van der Waals surface area contributed by atoms with E-state index >= 15 is 0 Å². The molecule has 150 valence electrons. The topological polar surface area (TPSA) is 78.3 Å². The van der Waals surface area contributed by atoms with Crippen molar-refractivity contribution in [1.82, 2.24) is 19.9 Å². The summed E-state index contributed by atoms with van der Waals surface area (Å²) in [6, 6.07) is 9.40. The number of rotatable bonds is 9. The minimum Gasteiger partial charge on any atom is -0.490 e. The molecular weight excluding hydrogens is 368 g/mol. The molecule has 3 aromatic rings. The molecule has 0 radical (unpaired) electrons. The van der Waals surface area contributed by atoms with Gasteiger partial charge in [-0.1, -0.05) is 12.1 Å². The van der Waals surface area contributed by atoms with E-state index in [0.717, 1.165) is 16.9 Å². The molecule has 0 saturated heterocycles. The average molecular weight is 392 g/mol. The number of hydrogen-bond donors (Lipinski definition) is 1. The van der Waals surface area contributed by atoms with Crippen molar-refractivity contribution in [3.05, 3.63) is 72.5 Å². The van der Waals surface area contributed by atoms with Crippen molar-refractivity contribution in [2.45, 2.75) is 20.4 Å². The van der Waals surface area contributed by atoms with Crippen LogP contribution in [0.4, 0.5) is 0 Å². The molecule has 2 aromatic heterocycles. The maximum absolute atomic E-state index is 12.1. The second kappa shape index (κ2) is 10.1. The van der Waals surface area contributed by atoms with Crippen LogP contribution in [-0.4, -0.2) is 33.7 Å². The maximum atomic E-state index is 12.1. The molecule has 3 rings (SSSR count). The fraction of sp³-hybridized carbons (Fsp3) is 0.227. The lowest BCUT2D eigenvalue weighted by molar-refractivity contribution is -0.116. The SMILES string of the molecule is CCOc1ccc(/C=C/C(=O)NCc2ccc(-n3ccnc3)nc2)cc1OCC. The van der Waals surface area contributed by atoms with Crippen LogP contribution in [-0.2, 0) is 11.3 Å². The van der Waals surface area contributed by atoms with Gasteiger partial charge in [-0.15, -0.1) is 0 Å². The molecule has 0 saturated carbocycles. The standard InChI is InChI=1S/C22H24N4O3/c1-3-28-19-8-5-17(13-20(19)29-4-2)7-10-22(27)25-15-18-6-9-21(24-14-18)26-12-11-23-16-26/h5-14,16H,3-4,15H2,1-2H3,(H,25,27)/b10-7+. The second-order valence-corrected chi connectivity index (χ2v) is 6.12. The molecule has 0 unspecified atom stereocenters. The second-order valence-electron chi connectivity index (χ2n) is 6.12. The lowest BCUT2D eigenvalue weighted by atomic mass is 10.2. The summed E-state index contributed by atoms with van der Waals surface area (Å²) >= 11 is 0. The van der Waals surface area contributed by atoms with Gasteiger partial charge in [-0.05, 0) is 49.2 Å². The number of benzene rings is 1. The van der Waals surface area contributed by atoms with Crippen molar-refractivity contribution in [2.24, 2.45) is 0 Å². The Morgan fingerprint density at radius 2 is 1.97 bits per heavy atom. The third-order valence-corrected chi connectivity index (χ3v) is 4.04. The van der Waals surface area contributed by atoms with Gasteiger partial charge in [0.25, 0.3) is 0 Å². The molecule has 1 N–H and O–H groups in total. The monoisotopic (exact) mass is 392 g/mol. The summed E-state index contributed by atoms with van der Waals surface area (Å²) in [6.07, 6.45) is 10.2. The highest BCUT2D eigenvalue weighted by Crippen LogP contribution is 2.28. The predicted octanol–water partition coefficient (Wildman–Crippen LogP) is 3.39. The van der Waals surface area contributed by atoms with Crippen LogP contribution in [0, 0.1) is 0 Å². The highest BCUT2D eigenvalue weighted by Gasteiger charge is 2.05. The van der Waals surface area contributed by atoms with Crippen LogP contribution in [0.15, 0.2) is 61.3 Å². The third kappa shape index (κ3) is 5.68. The lowest BCUT2D eigenvalue weighted by Gasteiger charge is -2.11. The van der Waals surface area contributed by atoms with Crippen molar-refractivity contribution in [3.63, 3.8) is 0 Å². The number of hydrogen-bond acceptors (Lipinski definition) is 5. The first-order valence-corrected chi connectivity index (χ1v) is 9.48. The maximum Gasteiger partial charge on any atom is 0.244 e. The molecular formula is C22H24N4O3. The van der Waals surface area contributed by atoms with Gasteiger partial charge in [0, 0.05) is 31.2 Å². The number of carbonyl (C=O) groups is 1. The van der Waals surface area contributed by atoms with Gasteiger partial charge in [-0.3, -0.25) is 9.36 Å². The fourth-order valence-electron chi connectivity index (χ4n) is 2.66. The van der Waals surface area contributed by atoms with E-state index in [1.165, 1.54) is 6.08 Å². The van der Waals surface area contributed by atoms with Crippen molar-refractivity contribution in [2.75, 3.05) is 13.2 Å². The summed E-state index contributed by atoms with van der Waals surface area (Å²) in [5.74, 6) is 1.96. The van der Waals surface area contributed by atoms with Crippen LogP contribution in [0.5, 0.6) is 11.5 Å². The quantitative estimate of drug-likeness (QED) is 0.565. The highest BCUT2D eigenvalue weighted by molar-refractivity contribution is 5.91. The van der Waals surface area contributed by atoms with Crippen molar-refractivity contribution in [3.8, 4) is 17.3 Å². The van der Waals surface area contributed by atoms with Gasteiger partial charge in [-0.25, -0.2) is 9.97 Å². The van der Waals surface area contributed by atoms with E-state index in [4.69, 9.17) is 9.47 Å². The zero-order valence-corrected chi connectivity index (χ0v) is 16.5. The Balaban J connectivity index is 1.56. The highest BCUT2D eigenvalue weighted by atomic mass is 16.5. The number of imidazole rings is 1. The zero-order valence-electron chi connectivity index (χ0n) is 16.5. The number of carbonyl (C=O) groups excluding carboxylic acids is 1. The van der Waals surface area contributed by atoms with Crippen LogP contribution < -0.4 is 14.8 Å². The Morgan fingerprint density at radius 1 is 1.14 bits per heavy atom. The Kier molecular flexibility index (Phi) is 7.00. The van der Waals surface area contributed by atoms with E-state index < -0.39 is 0 Å². The summed E-state index contributed by atoms with van der Waals surface area (Å²) in [4.78, 5) is 20.5. The number of pyridine rings is 1. The summed E-state index contributed by atoms with van der Waals surface area (Å²) in [6.45, 7) is 5.35. The van der Waals surface area contributed by atoms with Crippen molar-refractivity contribution < 1.29 is 14.3 Å². The Labute approximate surface area is 170 Å². The van der Waals surface area contributed by atoms with Gasteiger partial charge in [0.15, 0.2) is 11.5 Å². The average Bonchev–Trinajstić information content (AvgIpc) is 3.28. The Bertz CT molecular complexity index is 951. The molecule has 0 atom stereocenters. The normalized spacial score (nSPS) is 10.8. The van der Waals surface area contributed by atoms with Crippen molar-refractivity contribution >= 4 is 12.0 Å². The smallest absolute Gasteiger partial charge is 0.244 e. The third-order valence-electron chi connectivity index (χ3n) is 4.04. The molecule has 7 heteroatoms. The largest absolute Gasteiger partial charge is 0.490 e. The van der Waals surface area contributed by atoms with E-state index in [1.807, 2.05) is 54.9 Å². The fourth-order valence-corrected chi connectivity index (χ4v) is 2.66. The van der Waals surface area contributed by atoms with E-state index in [1.54, 1.807) is 24.8 Å². The van der Waals surface area contributed by atoms with Gasteiger partial charge < -0.3 is 14.8 Å². The summed E-state index contributed by atoms with van der Waals surface area (Å²) in [5, 5.41) is 2.85. The summed E-state index contributed by atoms with van der Waals surface area (Å²) in [5.41, 5.74) is 1.77. The molecule has 0 aliphatic heterocycles. The molecule has 1 amide bonds. The van der Waals surface area contributed by atoms with E-state index in [2.05, 4.69) is 15.3 Å². The first-order chi connectivity index (χ1) is 14.2. The molecule has 0 fully saturated rings. The first kappa shape index (κ1) is 20.1. The molecule has 1 aromatic carbocycles. The predicted molar refractivity (Wildman–Crippen MR) is 111 cm³/mol. The van der Waals surface area contributed by atoms with Gasteiger partial charge in [0.05, 0.1) is 13.2 Å². The van der Waals surface area contributed by atoms with Gasteiger partial charge >= 0.3 is 0 Å². The summed E-state index contributed by atoms with van der Waals surface area (Å²) in [7, 11) is 0. The van der Waals surface area contributed by atoms with Crippen LogP contribution in [0.3, 0.4) is 0 Å². The van der Waals surface area contributed by atoms with Crippen LogP contribution in [0.2, 0.25) is 0 Å². The zero-order chi connectivity index (χ0) is 20.5. The minimum absolute atomic E-state index is 0.185. The number of amides is 1. The van der Waals surface area contributed by atoms with E-state index in [-0.39, 0.29) is 5.91 Å². The van der Waals surface area contributed by atoms with Gasteiger partial charge in [0.1, 0.15) is 12.1 Å². The van der Waals surface area contributed by atoms with E-state index in [9.17, 15) is 4.79 Å². The number of aromatic nitrogens is 3. The molecule has 7 nitrogen and oxygen atoms in total. The van der Waals surface area contributed by atoms with E-state index in [0.29, 0.717) is 31.3 Å².